The van der Waals surface area contributed by atoms with Crippen molar-refractivity contribution in [3.05, 3.63) is 11.3 Å². The number of fused-ring (bicyclic) bond motifs is 1. The minimum absolute atomic E-state index is 0.116. The average molecular weight is 301 g/mol. The fourth-order valence-electron chi connectivity index (χ4n) is 2.21. The lowest BCUT2D eigenvalue weighted by Crippen LogP contribution is -2.78. The van der Waals surface area contributed by atoms with Crippen LogP contribution in [-0.2, 0) is 19.2 Å². The summed E-state index contributed by atoms with van der Waals surface area (Å²) in [6.07, 6.45) is 0. The van der Waals surface area contributed by atoms with Crippen LogP contribution in [0.15, 0.2) is 16.4 Å². The molecule has 0 aromatic carbocycles. The number of carbonyl (C=O) groups excluding carboxylic acids is 1. The number of oxime groups is 1. The Kier molecular flexibility index (Phi) is 3.76. The summed E-state index contributed by atoms with van der Waals surface area (Å²) < 4.78 is 5.02. The second-order valence-corrected chi connectivity index (χ2v) is 5.40. The Labute approximate surface area is 119 Å². The largest absolute Gasteiger partial charge is 0.477 e. The molecule has 1 fully saturated rings. The van der Waals surface area contributed by atoms with Crippen molar-refractivity contribution in [3.8, 4) is 0 Å². The number of methoxy groups -OCH3 is 1. The standard InChI is InChI=1S/C11H15N3O5S/c1-5(13-19-3)6-4-20-10-11(12,18-2)9(17)14(10)7(6)8(15)16/h10H,4,12H2,1-3H3,(H,15,16)/t10-,11+/m1/s1. The van der Waals surface area contributed by atoms with Crippen LogP contribution in [0.2, 0.25) is 0 Å². The van der Waals surface area contributed by atoms with Crippen molar-refractivity contribution in [1.29, 1.82) is 0 Å². The smallest absolute Gasteiger partial charge is 0.353 e. The topological polar surface area (TPSA) is 114 Å². The molecule has 0 bridgehead atoms. The van der Waals surface area contributed by atoms with Crippen LogP contribution in [-0.4, -0.2) is 58.7 Å². The lowest BCUT2D eigenvalue weighted by molar-refractivity contribution is -0.182. The van der Waals surface area contributed by atoms with Gasteiger partial charge in [0.05, 0.1) is 5.71 Å². The quantitative estimate of drug-likeness (QED) is 0.313. The summed E-state index contributed by atoms with van der Waals surface area (Å²) in [6.45, 7) is 1.62. The minimum Gasteiger partial charge on any atom is -0.477 e. The molecule has 9 heteroatoms. The summed E-state index contributed by atoms with van der Waals surface area (Å²) in [4.78, 5) is 29.3. The second kappa shape index (κ2) is 5.08. The molecular weight excluding hydrogens is 286 g/mol. The van der Waals surface area contributed by atoms with Crippen LogP contribution < -0.4 is 5.73 Å². The number of aliphatic carboxylic acids is 1. The number of nitrogens with two attached hydrogens (primary N) is 1. The molecule has 0 spiro atoms. The molecule has 0 unspecified atom stereocenters. The zero-order valence-corrected chi connectivity index (χ0v) is 12.1. The number of carboxylic acid groups (broad SMARTS) is 1. The van der Waals surface area contributed by atoms with Gasteiger partial charge in [-0.15, -0.1) is 11.8 Å². The normalized spacial score (nSPS) is 30.0. The molecule has 0 saturated carbocycles. The molecule has 2 rings (SSSR count). The van der Waals surface area contributed by atoms with Gasteiger partial charge in [-0.05, 0) is 6.92 Å². The van der Waals surface area contributed by atoms with Crippen LogP contribution in [0, 0.1) is 0 Å². The van der Waals surface area contributed by atoms with Crippen molar-refractivity contribution in [3.63, 3.8) is 0 Å². The lowest BCUT2D eigenvalue weighted by Gasteiger charge is -2.54. The number of thioether (sulfide) groups is 1. The summed E-state index contributed by atoms with van der Waals surface area (Å²) in [6, 6.07) is 0. The predicted molar refractivity (Wildman–Crippen MR) is 71.8 cm³/mol. The van der Waals surface area contributed by atoms with E-state index in [0.717, 1.165) is 4.90 Å². The number of carboxylic acids is 1. The van der Waals surface area contributed by atoms with E-state index in [2.05, 4.69) is 9.99 Å². The van der Waals surface area contributed by atoms with E-state index >= 15 is 0 Å². The summed E-state index contributed by atoms with van der Waals surface area (Å²) in [7, 11) is 2.70. The lowest BCUT2D eigenvalue weighted by atomic mass is 9.98. The third-order valence-corrected chi connectivity index (χ3v) is 4.60. The van der Waals surface area contributed by atoms with E-state index in [1.807, 2.05) is 0 Å². The van der Waals surface area contributed by atoms with Crippen molar-refractivity contribution < 1.29 is 24.3 Å². The predicted octanol–water partition coefficient (Wildman–Crippen LogP) is -0.436. The van der Waals surface area contributed by atoms with Gasteiger partial charge in [-0.25, -0.2) is 4.79 Å². The molecule has 20 heavy (non-hydrogen) atoms. The van der Waals surface area contributed by atoms with Gasteiger partial charge in [-0.2, -0.15) is 0 Å². The van der Waals surface area contributed by atoms with Gasteiger partial charge in [0.2, 0.25) is 5.72 Å². The highest BCUT2D eigenvalue weighted by Crippen LogP contribution is 2.45. The minimum atomic E-state index is -1.47. The Hall–Kier alpha value is -1.58. The molecule has 1 saturated heterocycles. The Morgan fingerprint density at radius 3 is 2.75 bits per heavy atom. The van der Waals surface area contributed by atoms with E-state index in [1.54, 1.807) is 6.92 Å². The van der Waals surface area contributed by atoms with Gasteiger partial charge in [0.15, 0.2) is 0 Å². The third kappa shape index (κ3) is 1.89. The van der Waals surface area contributed by atoms with Gasteiger partial charge in [-0.1, -0.05) is 5.16 Å². The van der Waals surface area contributed by atoms with Crippen LogP contribution in [0.25, 0.3) is 0 Å². The zero-order valence-electron chi connectivity index (χ0n) is 11.2. The van der Waals surface area contributed by atoms with Gasteiger partial charge in [0.1, 0.15) is 18.2 Å². The highest BCUT2D eigenvalue weighted by molar-refractivity contribution is 8.00. The Morgan fingerprint density at radius 2 is 2.25 bits per heavy atom. The molecule has 3 N–H and O–H groups in total. The second-order valence-electron chi connectivity index (χ2n) is 4.33. The van der Waals surface area contributed by atoms with Crippen LogP contribution in [0.5, 0.6) is 0 Å². The van der Waals surface area contributed by atoms with Crippen LogP contribution in [0.3, 0.4) is 0 Å². The number of carbonyl (C=O) groups is 2. The summed E-state index contributed by atoms with van der Waals surface area (Å²) >= 11 is 1.33. The monoisotopic (exact) mass is 301 g/mol. The van der Waals surface area contributed by atoms with E-state index in [0.29, 0.717) is 17.0 Å². The first kappa shape index (κ1) is 14.8. The Morgan fingerprint density at radius 1 is 1.60 bits per heavy atom. The van der Waals surface area contributed by atoms with Crippen LogP contribution in [0.4, 0.5) is 0 Å². The Balaban J connectivity index is 2.46. The fourth-order valence-corrected chi connectivity index (χ4v) is 3.67. The van der Waals surface area contributed by atoms with Gasteiger partial charge in [0.25, 0.3) is 5.91 Å². The van der Waals surface area contributed by atoms with Crippen molar-refractivity contribution >= 4 is 29.4 Å². The zero-order chi connectivity index (χ0) is 15.1. The van der Waals surface area contributed by atoms with E-state index < -0.39 is 23.0 Å². The number of nitrogens with zero attached hydrogens (tertiary/aromatic N) is 2. The summed E-state index contributed by atoms with van der Waals surface area (Å²) in [5.74, 6) is -1.42. The van der Waals surface area contributed by atoms with Gasteiger partial charge in [0, 0.05) is 18.4 Å². The van der Waals surface area contributed by atoms with E-state index in [4.69, 9.17) is 10.5 Å². The van der Waals surface area contributed by atoms with Crippen molar-refractivity contribution in [2.75, 3.05) is 20.0 Å². The molecule has 8 nitrogen and oxygen atoms in total. The van der Waals surface area contributed by atoms with Gasteiger partial charge >= 0.3 is 5.97 Å². The first-order chi connectivity index (χ1) is 9.38. The van der Waals surface area contributed by atoms with E-state index in [9.17, 15) is 14.7 Å². The van der Waals surface area contributed by atoms with E-state index in [-0.39, 0.29) is 5.70 Å². The molecule has 0 aromatic rings. The SMILES string of the molecule is CON=C(C)C1=C(C(=O)O)N2C(=O)[C@](N)(OC)[C@H]2SC1. The maximum Gasteiger partial charge on any atom is 0.353 e. The Bertz CT molecular complexity index is 532. The molecule has 2 aliphatic rings. The summed E-state index contributed by atoms with van der Waals surface area (Å²) in [5, 5.41) is 12.5. The number of hydrogen-bond donors (Lipinski definition) is 2. The first-order valence-corrected chi connectivity index (χ1v) is 6.77. The molecule has 2 heterocycles. The van der Waals surface area contributed by atoms with Crippen molar-refractivity contribution in [2.45, 2.75) is 18.0 Å². The molecular formula is C11H15N3O5S. The molecule has 110 valence electrons. The summed E-state index contributed by atoms with van der Waals surface area (Å²) in [5.41, 5.74) is 5.10. The molecule has 0 aromatic heterocycles. The van der Waals surface area contributed by atoms with Gasteiger partial charge < -0.3 is 14.7 Å². The average Bonchev–Trinajstić information content (AvgIpc) is 2.44. The van der Waals surface area contributed by atoms with Gasteiger partial charge in [-0.3, -0.25) is 15.4 Å². The van der Waals surface area contributed by atoms with Crippen LogP contribution >= 0.6 is 11.8 Å². The molecule has 0 aliphatic carbocycles. The number of amides is 1. The maximum atomic E-state index is 12.1. The highest BCUT2D eigenvalue weighted by atomic mass is 32.2. The highest BCUT2D eigenvalue weighted by Gasteiger charge is 2.63. The van der Waals surface area contributed by atoms with Crippen molar-refractivity contribution in [2.24, 2.45) is 10.9 Å². The van der Waals surface area contributed by atoms with Crippen LogP contribution in [0.1, 0.15) is 6.92 Å². The number of β-lactam (4-membered cyclic amide) rings is 1. The molecule has 1 amide bonds. The van der Waals surface area contributed by atoms with Crippen molar-refractivity contribution in [1.82, 2.24) is 4.90 Å². The maximum absolute atomic E-state index is 12.1. The first-order valence-electron chi connectivity index (χ1n) is 5.72. The third-order valence-electron chi connectivity index (χ3n) is 3.27. The number of hydrogen-bond acceptors (Lipinski definition) is 7. The molecule has 2 aliphatic heterocycles. The molecule has 0 radical (unpaired) electrons. The number of ether oxygens (including phenoxy) is 1. The fraction of sp³-hybridized carbons (Fsp3) is 0.545. The van der Waals surface area contributed by atoms with E-state index in [1.165, 1.54) is 26.0 Å². The number of rotatable bonds is 4. The molecule has 2 atom stereocenters.